The second-order valence-electron chi connectivity index (χ2n) is 7.15. The molecule has 0 N–H and O–H groups in total. The van der Waals surface area contributed by atoms with Crippen molar-refractivity contribution >= 4 is 38.1 Å². The molecule has 0 radical (unpaired) electrons. The van der Waals surface area contributed by atoms with Gasteiger partial charge in [-0.2, -0.15) is 0 Å². The molecule has 28 heavy (non-hydrogen) atoms. The Morgan fingerprint density at radius 1 is 1.04 bits per heavy atom. The minimum absolute atomic E-state index is 0.00404. The van der Waals surface area contributed by atoms with Gasteiger partial charge in [0, 0.05) is 23.2 Å². The highest BCUT2D eigenvalue weighted by Crippen LogP contribution is 2.26. The third-order valence-electron chi connectivity index (χ3n) is 5.17. The molecule has 0 spiro atoms. The monoisotopic (exact) mass is 413 g/mol. The van der Waals surface area contributed by atoms with Gasteiger partial charge in [0.2, 0.25) is 0 Å². The maximum absolute atomic E-state index is 13.5. The van der Waals surface area contributed by atoms with Crippen LogP contribution in [-0.4, -0.2) is 36.8 Å². The molecule has 144 valence electrons. The minimum atomic E-state index is -3.12. The maximum atomic E-state index is 13.5. The zero-order chi connectivity index (χ0) is 19.7. The van der Waals surface area contributed by atoms with Gasteiger partial charge in [0.05, 0.1) is 11.5 Å². The lowest BCUT2D eigenvalue weighted by Gasteiger charge is -2.29. The van der Waals surface area contributed by atoms with Crippen LogP contribution in [0.4, 0.5) is 0 Å². The lowest BCUT2D eigenvalue weighted by molar-refractivity contribution is 0.0683. The van der Waals surface area contributed by atoms with Gasteiger partial charge in [0.25, 0.3) is 5.91 Å². The molecule has 0 bridgehead atoms. The highest BCUT2D eigenvalue weighted by molar-refractivity contribution is 7.91. The number of amides is 1. The van der Waals surface area contributed by atoms with Crippen molar-refractivity contribution in [2.24, 2.45) is 0 Å². The lowest BCUT2D eigenvalue weighted by Crippen LogP contribution is -2.40. The van der Waals surface area contributed by atoms with E-state index in [0.29, 0.717) is 23.6 Å². The third-order valence-corrected chi connectivity index (χ3v) is 7.16. The van der Waals surface area contributed by atoms with Crippen LogP contribution in [0.2, 0.25) is 5.02 Å². The van der Waals surface area contributed by atoms with E-state index in [1.165, 1.54) is 0 Å². The summed E-state index contributed by atoms with van der Waals surface area (Å²) in [5.74, 6) is -0.0322. The van der Waals surface area contributed by atoms with Crippen LogP contribution in [0.15, 0.2) is 66.7 Å². The third kappa shape index (κ3) is 3.91. The second kappa shape index (κ2) is 7.57. The number of benzene rings is 3. The molecule has 1 heterocycles. The van der Waals surface area contributed by atoms with Crippen LogP contribution in [0.1, 0.15) is 22.3 Å². The summed E-state index contributed by atoms with van der Waals surface area (Å²) < 4.78 is 24.1. The summed E-state index contributed by atoms with van der Waals surface area (Å²) in [6.07, 6.45) is 0.458. The number of fused-ring (bicyclic) bond motifs is 1. The van der Waals surface area contributed by atoms with Crippen molar-refractivity contribution in [1.82, 2.24) is 4.90 Å². The second-order valence-corrected chi connectivity index (χ2v) is 9.81. The van der Waals surface area contributed by atoms with Crippen LogP contribution in [0.25, 0.3) is 10.8 Å². The van der Waals surface area contributed by atoms with Crippen LogP contribution in [0, 0.1) is 0 Å². The number of halogens is 1. The number of hydrogen-bond donors (Lipinski definition) is 0. The smallest absolute Gasteiger partial charge is 0.255 e. The van der Waals surface area contributed by atoms with E-state index in [0.717, 1.165) is 16.3 Å². The standard InChI is InChI=1S/C22H20ClNO3S/c23-18-8-3-5-16(13-18)14-24(19-11-12-28(26,27)15-19)22(25)21-10-4-7-17-6-1-2-9-20(17)21/h1-10,13,19H,11-12,14-15H2/t19-/m1/s1. The zero-order valence-corrected chi connectivity index (χ0v) is 16.8. The fraction of sp³-hybridized carbons (Fsp3) is 0.227. The molecular weight excluding hydrogens is 394 g/mol. The number of carbonyl (C=O) groups is 1. The van der Waals surface area contributed by atoms with E-state index in [2.05, 4.69) is 0 Å². The molecule has 3 aromatic carbocycles. The Morgan fingerprint density at radius 3 is 2.54 bits per heavy atom. The van der Waals surface area contributed by atoms with Gasteiger partial charge < -0.3 is 4.90 Å². The maximum Gasteiger partial charge on any atom is 0.255 e. The number of nitrogens with zero attached hydrogens (tertiary/aromatic N) is 1. The molecule has 4 rings (SSSR count). The molecule has 6 heteroatoms. The number of sulfone groups is 1. The van der Waals surface area contributed by atoms with Crippen LogP contribution < -0.4 is 0 Å². The molecule has 3 aromatic rings. The quantitative estimate of drug-likeness (QED) is 0.640. The minimum Gasteiger partial charge on any atom is -0.330 e. The van der Waals surface area contributed by atoms with Crippen LogP contribution in [-0.2, 0) is 16.4 Å². The lowest BCUT2D eigenvalue weighted by atomic mass is 10.0. The Bertz CT molecular complexity index is 1140. The van der Waals surface area contributed by atoms with Crippen molar-refractivity contribution in [3.05, 3.63) is 82.9 Å². The van der Waals surface area contributed by atoms with E-state index in [-0.39, 0.29) is 23.5 Å². The van der Waals surface area contributed by atoms with Gasteiger partial charge in [0.1, 0.15) is 0 Å². The number of rotatable bonds is 4. The number of carbonyl (C=O) groups excluding carboxylic acids is 1. The first-order valence-electron chi connectivity index (χ1n) is 9.16. The van der Waals surface area contributed by atoms with Crippen molar-refractivity contribution in [2.75, 3.05) is 11.5 Å². The fourth-order valence-corrected chi connectivity index (χ4v) is 5.73. The van der Waals surface area contributed by atoms with E-state index in [4.69, 9.17) is 11.6 Å². The zero-order valence-electron chi connectivity index (χ0n) is 15.2. The van der Waals surface area contributed by atoms with Crippen molar-refractivity contribution in [3.63, 3.8) is 0 Å². The average molecular weight is 414 g/mol. The van der Waals surface area contributed by atoms with E-state index in [1.54, 1.807) is 17.0 Å². The normalized spacial score (nSPS) is 18.2. The summed E-state index contributed by atoms with van der Waals surface area (Å²) in [4.78, 5) is 15.2. The molecule has 0 unspecified atom stereocenters. The highest BCUT2D eigenvalue weighted by Gasteiger charge is 2.35. The molecule has 1 aliphatic heterocycles. The summed E-state index contributed by atoms with van der Waals surface area (Å²) in [5.41, 5.74) is 1.47. The van der Waals surface area contributed by atoms with Crippen molar-refractivity contribution in [2.45, 2.75) is 19.0 Å². The predicted molar refractivity (Wildman–Crippen MR) is 112 cm³/mol. The van der Waals surface area contributed by atoms with Crippen molar-refractivity contribution in [3.8, 4) is 0 Å². The van der Waals surface area contributed by atoms with Crippen LogP contribution in [0.3, 0.4) is 0 Å². The molecular formula is C22H20ClNO3S. The van der Waals surface area contributed by atoms with Crippen molar-refractivity contribution < 1.29 is 13.2 Å². The molecule has 1 saturated heterocycles. The first-order chi connectivity index (χ1) is 13.4. The SMILES string of the molecule is O=C(c1cccc2ccccc12)N(Cc1cccc(Cl)c1)[C@@H]1CCS(=O)(=O)C1. The van der Waals surface area contributed by atoms with Gasteiger partial charge in [-0.05, 0) is 41.0 Å². The van der Waals surface area contributed by atoms with E-state index >= 15 is 0 Å². The topological polar surface area (TPSA) is 54.5 Å². The van der Waals surface area contributed by atoms with Gasteiger partial charge in [-0.25, -0.2) is 8.42 Å². The first kappa shape index (κ1) is 19.0. The molecule has 0 aliphatic carbocycles. The van der Waals surface area contributed by atoms with Gasteiger partial charge in [0.15, 0.2) is 9.84 Å². The van der Waals surface area contributed by atoms with E-state index in [9.17, 15) is 13.2 Å². The van der Waals surface area contributed by atoms with Gasteiger partial charge in [-0.3, -0.25) is 4.79 Å². The van der Waals surface area contributed by atoms with E-state index < -0.39 is 9.84 Å². The van der Waals surface area contributed by atoms with Crippen LogP contribution in [0.5, 0.6) is 0 Å². The Kier molecular flexibility index (Phi) is 5.13. The predicted octanol–water partition coefficient (Wildman–Crippen LogP) is 4.32. The van der Waals surface area contributed by atoms with Gasteiger partial charge in [-0.15, -0.1) is 0 Å². The highest BCUT2D eigenvalue weighted by atomic mass is 35.5. The number of hydrogen-bond acceptors (Lipinski definition) is 3. The molecule has 1 atom stereocenters. The Hall–Kier alpha value is -2.37. The summed E-state index contributed by atoms with van der Waals surface area (Å²) in [6.45, 7) is 0.322. The van der Waals surface area contributed by atoms with E-state index in [1.807, 2.05) is 54.6 Å². The molecule has 1 aliphatic rings. The Morgan fingerprint density at radius 2 is 1.79 bits per heavy atom. The summed E-state index contributed by atoms with van der Waals surface area (Å²) in [7, 11) is -3.12. The molecule has 0 aromatic heterocycles. The van der Waals surface area contributed by atoms with Gasteiger partial charge in [-0.1, -0.05) is 60.1 Å². The molecule has 4 nitrogen and oxygen atoms in total. The van der Waals surface area contributed by atoms with Gasteiger partial charge >= 0.3 is 0 Å². The van der Waals surface area contributed by atoms with Crippen LogP contribution >= 0.6 is 11.6 Å². The molecule has 1 fully saturated rings. The molecule has 1 amide bonds. The summed E-state index contributed by atoms with van der Waals surface area (Å²) >= 11 is 6.11. The fourth-order valence-electron chi connectivity index (χ4n) is 3.79. The van der Waals surface area contributed by atoms with Crippen molar-refractivity contribution in [1.29, 1.82) is 0 Å². The Balaban J connectivity index is 1.74. The first-order valence-corrected chi connectivity index (χ1v) is 11.4. The molecule has 0 saturated carbocycles. The largest absolute Gasteiger partial charge is 0.330 e. The summed E-state index contributed by atoms with van der Waals surface area (Å²) in [6, 6.07) is 20.3. The summed E-state index contributed by atoms with van der Waals surface area (Å²) in [5, 5.41) is 2.44. The Labute approximate surface area is 169 Å². The average Bonchev–Trinajstić information content (AvgIpc) is 3.04.